The molecule has 0 saturated carbocycles. The number of amides is 10. The number of carbonyl (C=O) groups is 12. The number of aliphatic hydroxyl groups is 1. The van der Waals surface area contributed by atoms with Crippen molar-refractivity contribution in [2.24, 2.45) is 40.5 Å². The minimum absolute atomic E-state index is 0.0271. The Labute approximate surface area is 501 Å². The van der Waals surface area contributed by atoms with Gasteiger partial charge in [0.2, 0.25) is 59.1 Å². The van der Waals surface area contributed by atoms with Gasteiger partial charge in [-0.25, -0.2) is 0 Å². The van der Waals surface area contributed by atoms with Crippen LogP contribution in [-0.2, 0) is 64.0 Å². The molecule has 86 heavy (non-hydrogen) atoms. The largest absolute Gasteiger partial charge is 0.481 e. The number of rotatable bonds is 44. The lowest BCUT2D eigenvalue weighted by Gasteiger charge is -2.28. The number of aliphatic hydroxyl groups excluding tert-OH is 1. The Morgan fingerprint density at radius 2 is 0.919 bits per heavy atom. The summed E-state index contributed by atoms with van der Waals surface area (Å²) in [5.41, 5.74) is 30.4. The number of aldehydes is 1. The number of carbonyl (C=O) groups excluding carboxylic acids is 11. The van der Waals surface area contributed by atoms with Crippen molar-refractivity contribution < 1.29 is 67.7 Å². The van der Waals surface area contributed by atoms with Crippen LogP contribution in [0.4, 0.5) is 0 Å². The standard InChI is InChI=1S/C57H95N15O14/c1-32(2)26-44(70-53(82)41(18-10-13-25-60)67-50(79)38(61)28-35-29-63-39-16-7-6-15-37(35)39)55(84)71-45(27-33(3)4)56(85)72-46(31-74)57(86)68-40(17-9-12-24-59)51(80)64-34(5)49(78)66-42(19-21-47(62)75)54(83)69-43(20-22-48(76)77)52(81)65-36(30-73)14-8-11-23-58/h6-7,15-16,29-30,32-34,36,38,40-46,63,74H,8-14,17-28,31,58-61H2,1-5H3,(H2,62,75)(H,64,80)(H,65,81)(H,66,78)(H,67,79)(H,68,86)(H,69,83)(H,70,82)(H,71,84)(H,72,85)(H,76,77)/t34-,36-,38-,40-,41-,42-,43-,44-,45-,46-/m0/s1. The molecule has 0 saturated heterocycles. The second-order valence-corrected chi connectivity index (χ2v) is 22.3. The zero-order chi connectivity index (χ0) is 64.5. The van der Waals surface area contributed by atoms with Gasteiger partial charge in [-0.05, 0) is 140 Å². The molecule has 10 atom stereocenters. The Kier molecular flexibility index (Phi) is 34.6. The number of nitrogens with two attached hydrogens (primary N) is 5. The molecule has 0 spiro atoms. The van der Waals surface area contributed by atoms with Gasteiger partial charge < -0.3 is 96.5 Å². The maximum absolute atomic E-state index is 14.2. The van der Waals surface area contributed by atoms with Crippen LogP contribution in [0.5, 0.6) is 0 Å². The van der Waals surface area contributed by atoms with Crippen molar-refractivity contribution >= 4 is 82.2 Å². The molecule has 0 aliphatic heterocycles. The third-order valence-electron chi connectivity index (χ3n) is 13.9. The van der Waals surface area contributed by atoms with E-state index in [0.29, 0.717) is 51.5 Å². The van der Waals surface area contributed by atoms with Crippen molar-refractivity contribution in [1.82, 2.24) is 52.8 Å². The minimum atomic E-state index is -1.70. The number of nitrogens with one attached hydrogen (secondary N) is 10. The molecule has 2 rings (SSSR count). The number of benzene rings is 1. The molecule has 22 N–H and O–H groups in total. The smallest absolute Gasteiger partial charge is 0.303 e. The van der Waals surface area contributed by atoms with Crippen molar-refractivity contribution in [3.63, 3.8) is 0 Å². The van der Waals surface area contributed by atoms with E-state index in [4.69, 9.17) is 28.7 Å². The number of carboxylic acids is 1. The van der Waals surface area contributed by atoms with Gasteiger partial charge in [-0.3, -0.25) is 52.7 Å². The molecule has 2 aromatic rings. The summed E-state index contributed by atoms with van der Waals surface area (Å²) in [4.78, 5) is 162. The normalized spacial score (nSPS) is 14.8. The van der Waals surface area contributed by atoms with E-state index in [0.717, 1.165) is 16.5 Å². The average Bonchev–Trinajstić information content (AvgIpc) is 3.29. The van der Waals surface area contributed by atoms with Gasteiger partial charge in [0.05, 0.1) is 18.7 Å². The predicted octanol–water partition coefficient (Wildman–Crippen LogP) is -2.78. The van der Waals surface area contributed by atoms with Crippen LogP contribution in [0.25, 0.3) is 10.9 Å². The molecule has 0 aliphatic carbocycles. The van der Waals surface area contributed by atoms with Gasteiger partial charge >= 0.3 is 5.97 Å². The number of fused-ring (bicyclic) bond motifs is 1. The molecule has 482 valence electrons. The molecule has 0 bridgehead atoms. The van der Waals surface area contributed by atoms with E-state index in [9.17, 15) is 67.7 Å². The summed E-state index contributed by atoms with van der Waals surface area (Å²) in [5.74, 6) is -10.3. The van der Waals surface area contributed by atoms with Gasteiger partial charge in [-0.15, -0.1) is 0 Å². The highest BCUT2D eigenvalue weighted by atomic mass is 16.4. The molecule has 29 nitrogen and oxygen atoms in total. The first kappa shape index (κ1) is 74.5. The number of para-hydroxylation sites is 1. The molecule has 0 fully saturated rings. The highest BCUT2D eigenvalue weighted by molar-refractivity contribution is 5.98. The van der Waals surface area contributed by atoms with Crippen LogP contribution in [0, 0.1) is 11.8 Å². The van der Waals surface area contributed by atoms with E-state index < -0.39 is 158 Å². The van der Waals surface area contributed by atoms with E-state index in [1.165, 1.54) is 6.92 Å². The predicted molar refractivity (Wildman–Crippen MR) is 319 cm³/mol. The third kappa shape index (κ3) is 27.6. The first-order chi connectivity index (χ1) is 40.8. The number of hydrogen-bond donors (Lipinski definition) is 17. The molecule has 0 radical (unpaired) electrons. The maximum atomic E-state index is 14.2. The average molecular weight is 1210 g/mol. The summed E-state index contributed by atoms with van der Waals surface area (Å²) in [6.07, 6.45) is 3.72. The Bertz CT molecular complexity index is 2550. The molecule has 0 unspecified atom stereocenters. The van der Waals surface area contributed by atoms with Gasteiger partial charge in [-0.2, -0.15) is 0 Å². The molecular weight excluding hydrogens is 1120 g/mol. The van der Waals surface area contributed by atoms with Crippen LogP contribution in [0.2, 0.25) is 0 Å². The van der Waals surface area contributed by atoms with Gasteiger partial charge in [-0.1, -0.05) is 45.9 Å². The van der Waals surface area contributed by atoms with Crippen molar-refractivity contribution in [1.29, 1.82) is 0 Å². The number of aromatic nitrogens is 1. The van der Waals surface area contributed by atoms with E-state index in [1.54, 1.807) is 20.0 Å². The Morgan fingerprint density at radius 3 is 1.40 bits per heavy atom. The summed E-state index contributed by atoms with van der Waals surface area (Å²) < 4.78 is 0. The first-order valence-corrected chi connectivity index (χ1v) is 29.5. The minimum Gasteiger partial charge on any atom is -0.481 e. The summed E-state index contributed by atoms with van der Waals surface area (Å²) >= 11 is 0. The molecule has 1 aromatic carbocycles. The lowest BCUT2D eigenvalue weighted by molar-refractivity contribution is -0.138. The highest BCUT2D eigenvalue weighted by Gasteiger charge is 2.35. The number of aliphatic carboxylic acids is 1. The fraction of sp³-hybridized carbons (Fsp3) is 0.649. The molecular formula is C57H95N15O14. The van der Waals surface area contributed by atoms with E-state index in [1.807, 2.05) is 38.1 Å². The summed E-state index contributed by atoms with van der Waals surface area (Å²) in [7, 11) is 0. The SMILES string of the molecule is CC(C)C[C@H](NC(=O)[C@H](CC(C)C)NC(=O)[C@H](CCCCN)NC(=O)[C@@H](N)Cc1c[nH]c2ccccc12)C(=O)N[C@@H](CO)C(=O)N[C@@H](CCCCN)C(=O)N[C@@H](C)C(=O)N[C@@H](CCC(N)=O)C(=O)N[C@@H](CCC(=O)O)C(=O)N[C@H](C=O)CCCCN. The van der Waals surface area contributed by atoms with Crippen molar-refractivity contribution in [3.8, 4) is 0 Å². The van der Waals surface area contributed by atoms with Gasteiger partial charge in [0, 0.05) is 29.9 Å². The fourth-order valence-electron chi connectivity index (χ4n) is 9.13. The van der Waals surface area contributed by atoms with E-state index in [-0.39, 0.29) is 63.3 Å². The van der Waals surface area contributed by atoms with Crippen LogP contribution in [0.3, 0.4) is 0 Å². The quantitative estimate of drug-likeness (QED) is 0.0236. The zero-order valence-corrected chi connectivity index (χ0v) is 50.2. The number of aromatic amines is 1. The second-order valence-electron chi connectivity index (χ2n) is 22.3. The summed E-state index contributed by atoms with van der Waals surface area (Å²) in [6.45, 7) is 8.31. The van der Waals surface area contributed by atoms with Crippen LogP contribution in [0.1, 0.15) is 136 Å². The number of H-pyrrole nitrogens is 1. The van der Waals surface area contributed by atoms with Crippen LogP contribution in [-0.4, -0.2) is 173 Å². The highest BCUT2D eigenvalue weighted by Crippen LogP contribution is 2.19. The third-order valence-corrected chi connectivity index (χ3v) is 13.9. The molecule has 29 heteroatoms. The number of hydrogen-bond acceptors (Lipinski definition) is 17. The Hall–Kier alpha value is -7.60. The summed E-state index contributed by atoms with van der Waals surface area (Å²) in [6, 6.07) is -5.79. The van der Waals surface area contributed by atoms with Gasteiger partial charge in [0.15, 0.2) is 0 Å². The van der Waals surface area contributed by atoms with E-state index in [2.05, 4.69) is 52.8 Å². The molecule has 10 amide bonds. The topological polar surface area (TPSA) is 499 Å². The van der Waals surface area contributed by atoms with Crippen LogP contribution < -0.4 is 76.5 Å². The molecule has 0 aliphatic rings. The maximum Gasteiger partial charge on any atom is 0.303 e. The number of unbranched alkanes of at least 4 members (excludes halogenated alkanes) is 3. The molecule has 1 aromatic heterocycles. The van der Waals surface area contributed by atoms with Crippen molar-refractivity contribution in [3.05, 3.63) is 36.0 Å². The van der Waals surface area contributed by atoms with Crippen molar-refractivity contribution in [2.75, 3.05) is 26.2 Å². The monoisotopic (exact) mass is 1210 g/mol. The molecule has 1 heterocycles. The number of primary amides is 1. The van der Waals surface area contributed by atoms with Crippen molar-refractivity contribution in [2.45, 2.75) is 198 Å². The van der Waals surface area contributed by atoms with E-state index >= 15 is 0 Å². The Morgan fingerprint density at radius 1 is 0.512 bits per heavy atom. The fourth-order valence-corrected chi connectivity index (χ4v) is 9.13. The number of carboxylic acid groups (broad SMARTS) is 1. The van der Waals surface area contributed by atoms with Crippen LogP contribution in [0.15, 0.2) is 30.5 Å². The zero-order valence-electron chi connectivity index (χ0n) is 50.2. The first-order valence-electron chi connectivity index (χ1n) is 29.5. The van der Waals surface area contributed by atoms with Gasteiger partial charge in [0.25, 0.3) is 0 Å². The summed E-state index contributed by atoms with van der Waals surface area (Å²) in [5, 5.41) is 43.6. The van der Waals surface area contributed by atoms with Gasteiger partial charge in [0.1, 0.15) is 54.6 Å². The lowest BCUT2D eigenvalue weighted by atomic mass is 9.99. The lowest BCUT2D eigenvalue weighted by Crippen LogP contribution is -2.61. The van der Waals surface area contributed by atoms with Crippen LogP contribution >= 0.6 is 0 Å². The second kappa shape index (κ2) is 39.9. The Balaban J connectivity index is 2.28.